The van der Waals surface area contributed by atoms with Gasteiger partial charge >= 0.3 is 12.4 Å². The first-order chi connectivity index (χ1) is 22.3. The van der Waals surface area contributed by atoms with Crippen LogP contribution in [0, 0.1) is 0 Å². The van der Waals surface area contributed by atoms with Crippen LogP contribution in [-0.2, 0) is 17.1 Å². The van der Waals surface area contributed by atoms with Crippen molar-refractivity contribution >= 4 is 35.2 Å². The molecule has 2 heterocycles. The third-order valence-corrected chi connectivity index (χ3v) is 6.91. The Bertz CT molecular complexity index is 1590. The van der Waals surface area contributed by atoms with Gasteiger partial charge in [0.2, 0.25) is 5.96 Å². The molecule has 2 aromatic carbocycles. The molecule has 17 heteroatoms. The Morgan fingerprint density at radius 2 is 1.81 bits per heavy atom. The fraction of sp³-hybridized carbons (Fsp3) is 0.333. The molecule has 4 rings (SSSR count). The van der Waals surface area contributed by atoms with E-state index in [9.17, 15) is 31.1 Å². The third kappa shape index (κ3) is 9.32. The van der Waals surface area contributed by atoms with Crippen LogP contribution in [0.1, 0.15) is 27.9 Å². The van der Waals surface area contributed by atoms with Crippen LogP contribution < -0.4 is 26.4 Å². The lowest BCUT2D eigenvalue weighted by molar-refractivity contribution is -0.139. The van der Waals surface area contributed by atoms with Gasteiger partial charge in [0.1, 0.15) is 23.0 Å². The number of ether oxygens (including phenoxy) is 2. The molecule has 0 atom stereocenters. The minimum absolute atomic E-state index is 0.0449. The number of carbonyl (C=O) groups is 1. The number of aliphatic imine (C=N–C) groups is 3. The molecule has 0 unspecified atom stereocenters. The number of benzene rings is 2. The van der Waals surface area contributed by atoms with E-state index in [4.69, 9.17) is 15.2 Å². The fourth-order valence-corrected chi connectivity index (χ4v) is 4.63. The van der Waals surface area contributed by atoms with Gasteiger partial charge in [0.05, 0.1) is 43.4 Å². The largest absolute Gasteiger partial charge is 0.496 e. The van der Waals surface area contributed by atoms with E-state index >= 15 is 0 Å². The summed E-state index contributed by atoms with van der Waals surface area (Å²) >= 11 is 0. The van der Waals surface area contributed by atoms with Crippen LogP contribution in [0.2, 0.25) is 0 Å². The van der Waals surface area contributed by atoms with Gasteiger partial charge in [-0.2, -0.15) is 26.3 Å². The summed E-state index contributed by atoms with van der Waals surface area (Å²) in [6, 6.07) is 5.23. The van der Waals surface area contributed by atoms with Gasteiger partial charge in [0.15, 0.2) is 0 Å². The lowest BCUT2D eigenvalue weighted by Crippen LogP contribution is -2.38. The summed E-state index contributed by atoms with van der Waals surface area (Å²) in [5.41, 5.74) is 2.78. The summed E-state index contributed by atoms with van der Waals surface area (Å²) in [6.45, 7) is 7.84. The highest BCUT2D eigenvalue weighted by molar-refractivity contribution is 6.41. The number of alkyl halides is 6. The van der Waals surface area contributed by atoms with E-state index in [1.807, 2.05) is 0 Å². The molecule has 0 radical (unpaired) electrons. The normalized spacial score (nSPS) is 17.6. The molecule has 2 aliphatic rings. The number of guanidine groups is 1. The Balaban J connectivity index is 1.58. The zero-order valence-electron chi connectivity index (χ0n) is 25.1. The van der Waals surface area contributed by atoms with Gasteiger partial charge in [0.25, 0.3) is 5.91 Å². The number of hydrogen-bond acceptors (Lipinski definition) is 10. The molecule has 11 nitrogen and oxygen atoms in total. The summed E-state index contributed by atoms with van der Waals surface area (Å²) in [7, 11) is 1.06. The van der Waals surface area contributed by atoms with E-state index in [-0.39, 0.29) is 34.4 Å². The summed E-state index contributed by atoms with van der Waals surface area (Å²) in [5, 5.41) is 7.80. The lowest BCUT2D eigenvalue weighted by atomic mass is 10.1. The highest BCUT2D eigenvalue weighted by atomic mass is 19.4. The molecule has 1 saturated heterocycles. The molecule has 0 aromatic heterocycles. The van der Waals surface area contributed by atoms with Gasteiger partial charge in [-0.25, -0.2) is 9.98 Å². The number of nitrogens with two attached hydrogens (primary N) is 1. The number of amides is 1. The Morgan fingerprint density at radius 1 is 1.09 bits per heavy atom. The molecule has 47 heavy (non-hydrogen) atoms. The van der Waals surface area contributed by atoms with Gasteiger partial charge in [-0.15, -0.1) is 0 Å². The number of hydrogen-bond donors (Lipinski definition) is 4. The zero-order chi connectivity index (χ0) is 34.2. The lowest BCUT2D eigenvalue weighted by Gasteiger charge is -2.26. The number of nitrogens with zero attached hydrogens (tertiary/aromatic N) is 4. The molecule has 1 amide bonds. The molecular formula is C30H32F6N8O3. The van der Waals surface area contributed by atoms with Crippen LogP contribution in [-0.4, -0.2) is 75.2 Å². The second-order valence-electron chi connectivity index (χ2n) is 10.1. The number of halogens is 6. The van der Waals surface area contributed by atoms with Crippen molar-refractivity contribution in [3.05, 3.63) is 77.4 Å². The molecule has 0 saturated carbocycles. The van der Waals surface area contributed by atoms with E-state index in [1.165, 1.54) is 12.4 Å². The zero-order valence-corrected chi connectivity index (χ0v) is 25.1. The van der Waals surface area contributed by atoms with Crippen LogP contribution in [0.25, 0.3) is 0 Å². The maximum atomic E-state index is 14.0. The summed E-state index contributed by atoms with van der Waals surface area (Å²) in [6.07, 6.45) is -6.40. The van der Waals surface area contributed by atoms with E-state index in [0.29, 0.717) is 31.9 Å². The Labute approximate surface area is 265 Å². The first-order valence-corrected chi connectivity index (χ1v) is 14.2. The molecule has 0 aliphatic carbocycles. The van der Waals surface area contributed by atoms with Gasteiger partial charge in [-0.3, -0.25) is 14.7 Å². The van der Waals surface area contributed by atoms with Crippen LogP contribution in [0.4, 0.5) is 37.7 Å². The second kappa shape index (κ2) is 15.1. The predicted molar refractivity (Wildman–Crippen MR) is 166 cm³/mol. The van der Waals surface area contributed by atoms with Crippen LogP contribution in [0.5, 0.6) is 5.75 Å². The molecule has 5 N–H and O–H groups in total. The van der Waals surface area contributed by atoms with E-state index in [1.54, 1.807) is 0 Å². The highest BCUT2D eigenvalue weighted by Crippen LogP contribution is 2.38. The minimum atomic E-state index is -4.87. The highest BCUT2D eigenvalue weighted by Gasteiger charge is 2.36. The van der Waals surface area contributed by atoms with E-state index in [2.05, 4.69) is 42.4 Å². The maximum absolute atomic E-state index is 14.0. The molecule has 0 bridgehead atoms. The molecule has 2 aromatic rings. The molecule has 2 aliphatic heterocycles. The topological polar surface area (TPSA) is 138 Å². The van der Waals surface area contributed by atoms with Crippen molar-refractivity contribution in [1.29, 1.82) is 0 Å². The Hall–Kier alpha value is -4.90. The quantitative estimate of drug-likeness (QED) is 0.210. The molecule has 252 valence electrons. The van der Waals surface area contributed by atoms with Gasteiger partial charge < -0.3 is 31.2 Å². The number of allylic oxidation sites excluding steroid dienone is 1. The van der Waals surface area contributed by atoms with Crippen molar-refractivity contribution in [1.82, 2.24) is 10.2 Å². The number of nitrogens with one attached hydrogen (secondary N) is 3. The fourth-order valence-electron chi connectivity index (χ4n) is 4.63. The van der Waals surface area contributed by atoms with Crippen LogP contribution >= 0.6 is 0 Å². The summed E-state index contributed by atoms with van der Waals surface area (Å²) < 4.78 is 92.4. The van der Waals surface area contributed by atoms with Crippen molar-refractivity contribution in [3.8, 4) is 5.75 Å². The number of rotatable bonds is 10. The smallest absolute Gasteiger partial charge is 0.420 e. The molecule has 0 spiro atoms. The van der Waals surface area contributed by atoms with Gasteiger partial charge in [0, 0.05) is 37.1 Å². The maximum Gasteiger partial charge on any atom is 0.420 e. The third-order valence-electron chi connectivity index (χ3n) is 6.91. The SMILES string of the molecule is C=C/N=C1/C=NC(NCCCN2CCOCC2)=N/C1=C(/N)Nc1cc(C(=O)Nc2ccc(OC)c(C(F)(F)F)c2)ccc1C(F)(F)F. The van der Waals surface area contributed by atoms with Crippen molar-refractivity contribution in [2.24, 2.45) is 20.7 Å². The molecular weight excluding hydrogens is 634 g/mol. The van der Waals surface area contributed by atoms with Crippen molar-refractivity contribution in [2.45, 2.75) is 18.8 Å². The van der Waals surface area contributed by atoms with Gasteiger partial charge in [-0.1, -0.05) is 6.58 Å². The molecule has 1 fully saturated rings. The van der Waals surface area contributed by atoms with Crippen molar-refractivity contribution in [2.75, 3.05) is 57.1 Å². The predicted octanol–water partition coefficient (Wildman–Crippen LogP) is 4.86. The summed E-state index contributed by atoms with van der Waals surface area (Å²) in [4.78, 5) is 27.8. The average Bonchev–Trinajstić information content (AvgIpc) is 3.03. The van der Waals surface area contributed by atoms with Crippen LogP contribution in [0.15, 0.2) is 75.7 Å². The number of morpholine rings is 1. The Kier molecular flexibility index (Phi) is 11.3. The van der Waals surface area contributed by atoms with Crippen LogP contribution in [0.3, 0.4) is 0 Å². The first-order valence-electron chi connectivity index (χ1n) is 14.2. The van der Waals surface area contributed by atoms with Gasteiger partial charge in [-0.05, 0) is 49.4 Å². The Morgan fingerprint density at radius 3 is 2.47 bits per heavy atom. The number of anilines is 2. The first kappa shape index (κ1) is 35.0. The second-order valence-corrected chi connectivity index (χ2v) is 10.1. The monoisotopic (exact) mass is 666 g/mol. The standard InChI is InChI=1S/C30H32F6N8O3/c1-3-38-23-17-40-28(39-9-4-10-44-11-13-47-14-12-44)43-25(23)26(37)42-22-15-18(5-7-20(22)29(31,32)33)27(45)41-19-6-8-24(46-2)21(16-19)30(34,35)36/h3,5-8,15-17,42H,1,4,9-14,37H2,2H3,(H,39,43)(H,41,45)/b26-25-,38-23-. The van der Waals surface area contributed by atoms with E-state index < -0.39 is 40.8 Å². The minimum Gasteiger partial charge on any atom is -0.496 e. The number of methoxy groups -OCH3 is 1. The average molecular weight is 667 g/mol. The number of carbonyl (C=O) groups excluding carboxylic acids is 1. The van der Waals surface area contributed by atoms with Crippen molar-refractivity contribution in [3.63, 3.8) is 0 Å². The summed E-state index contributed by atoms with van der Waals surface area (Å²) in [5.74, 6) is -1.65. The van der Waals surface area contributed by atoms with Crippen molar-refractivity contribution < 1.29 is 40.6 Å². The van der Waals surface area contributed by atoms with E-state index in [0.717, 1.165) is 57.4 Å².